The van der Waals surface area contributed by atoms with Crippen LogP contribution in [0.3, 0.4) is 0 Å². The van der Waals surface area contributed by atoms with E-state index in [1.54, 1.807) is 0 Å². The summed E-state index contributed by atoms with van der Waals surface area (Å²) >= 11 is 0. The van der Waals surface area contributed by atoms with Gasteiger partial charge in [-0.3, -0.25) is 0 Å². The fraction of sp³-hybridized carbons (Fsp3) is 0.571. The molecule has 0 radical (unpaired) electrons. The predicted octanol–water partition coefficient (Wildman–Crippen LogP) is 4.03. The molecule has 1 N–H and O–H groups in total. The average Bonchev–Trinajstić information content (AvgIpc) is 2.22. The molecule has 1 aromatic rings. The van der Waals surface area contributed by atoms with E-state index in [1.165, 1.54) is 5.56 Å². The largest absolute Gasteiger partial charge is 0.390 e. The molecule has 0 bridgehead atoms. The van der Waals surface area contributed by atoms with Crippen LogP contribution >= 0.6 is 0 Å². The van der Waals surface area contributed by atoms with Crippen molar-refractivity contribution < 1.29 is 13.2 Å². The molecule has 102 valence electrons. The van der Waals surface area contributed by atoms with Crippen LogP contribution in [0.5, 0.6) is 0 Å². The van der Waals surface area contributed by atoms with Crippen molar-refractivity contribution in [1.82, 2.24) is 5.32 Å². The van der Waals surface area contributed by atoms with Crippen molar-refractivity contribution >= 4 is 0 Å². The zero-order valence-electron chi connectivity index (χ0n) is 11.1. The molecular weight excluding hydrogens is 239 g/mol. The van der Waals surface area contributed by atoms with Crippen LogP contribution in [0.4, 0.5) is 13.2 Å². The van der Waals surface area contributed by atoms with E-state index < -0.39 is 12.6 Å². The number of hydrogen-bond acceptors (Lipinski definition) is 1. The van der Waals surface area contributed by atoms with Gasteiger partial charge >= 0.3 is 6.18 Å². The van der Waals surface area contributed by atoms with E-state index in [0.717, 1.165) is 5.56 Å². The molecular formula is C14H20F3N. The van der Waals surface area contributed by atoms with Crippen LogP contribution < -0.4 is 5.32 Å². The normalized spacial score (nSPS) is 12.8. The van der Waals surface area contributed by atoms with Crippen LogP contribution in [-0.2, 0) is 12.0 Å². The Morgan fingerprint density at radius 3 is 2.00 bits per heavy atom. The monoisotopic (exact) mass is 259 g/mol. The van der Waals surface area contributed by atoms with Gasteiger partial charge in [0.05, 0.1) is 6.42 Å². The van der Waals surface area contributed by atoms with Crippen LogP contribution in [0.15, 0.2) is 24.3 Å². The molecule has 0 amide bonds. The summed E-state index contributed by atoms with van der Waals surface area (Å²) in [6.07, 6.45) is -4.86. The first-order valence-corrected chi connectivity index (χ1v) is 6.05. The van der Waals surface area contributed by atoms with E-state index in [0.29, 0.717) is 6.54 Å². The summed E-state index contributed by atoms with van der Waals surface area (Å²) in [6.45, 7) is 6.82. The Labute approximate surface area is 106 Å². The highest BCUT2D eigenvalue weighted by molar-refractivity contribution is 5.27. The molecule has 0 saturated carbocycles. The molecule has 0 saturated heterocycles. The second kappa shape index (κ2) is 5.74. The number of rotatable bonds is 4. The van der Waals surface area contributed by atoms with Gasteiger partial charge in [-0.05, 0) is 16.5 Å². The third-order valence-electron chi connectivity index (χ3n) is 2.73. The maximum atomic E-state index is 11.9. The Morgan fingerprint density at radius 2 is 1.56 bits per heavy atom. The Balaban J connectivity index is 2.41. The molecule has 0 spiro atoms. The maximum Gasteiger partial charge on any atom is 0.390 e. The third kappa shape index (κ3) is 5.54. The number of nitrogens with one attached hydrogen (secondary N) is 1. The Kier molecular flexibility index (Phi) is 4.79. The van der Waals surface area contributed by atoms with Gasteiger partial charge in [-0.25, -0.2) is 0 Å². The summed E-state index contributed by atoms with van der Waals surface area (Å²) in [5.74, 6) is 0. The predicted molar refractivity (Wildman–Crippen MR) is 67.5 cm³/mol. The first-order chi connectivity index (χ1) is 8.18. The number of alkyl halides is 3. The lowest BCUT2D eigenvalue weighted by Gasteiger charge is -2.19. The summed E-state index contributed by atoms with van der Waals surface area (Å²) in [7, 11) is 0. The quantitative estimate of drug-likeness (QED) is 0.805. The Bertz CT molecular complexity index is 360. The summed E-state index contributed by atoms with van der Waals surface area (Å²) < 4.78 is 35.8. The van der Waals surface area contributed by atoms with Crippen molar-refractivity contribution in [2.24, 2.45) is 0 Å². The maximum absolute atomic E-state index is 11.9. The molecule has 0 fully saturated rings. The highest BCUT2D eigenvalue weighted by Crippen LogP contribution is 2.22. The zero-order chi connectivity index (χ0) is 13.8. The molecule has 0 heterocycles. The van der Waals surface area contributed by atoms with Crippen molar-refractivity contribution in [3.8, 4) is 0 Å². The standard InChI is InChI=1S/C14H20F3N/c1-13(2,3)12-6-4-11(5-7-12)10-18-9-8-14(15,16)17/h4-7,18H,8-10H2,1-3H3. The molecule has 0 unspecified atom stereocenters. The molecule has 1 rings (SSSR count). The first kappa shape index (κ1) is 15.0. The van der Waals surface area contributed by atoms with E-state index in [9.17, 15) is 13.2 Å². The highest BCUT2D eigenvalue weighted by Gasteiger charge is 2.25. The second-order valence-electron chi connectivity index (χ2n) is 5.49. The first-order valence-electron chi connectivity index (χ1n) is 6.05. The van der Waals surface area contributed by atoms with Gasteiger partial charge in [0.25, 0.3) is 0 Å². The van der Waals surface area contributed by atoms with E-state index in [4.69, 9.17) is 0 Å². The van der Waals surface area contributed by atoms with Crippen molar-refractivity contribution in [3.05, 3.63) is 35.4 Å². The summed E-state index contributed by atoms with van der Waals surface area (Å²) in [6, 6.07) is 7.98. The third-order valence-corrected chi connectivity index (χ3v) is 2.73. The summed E-state index contributed by atoms with van der Waals surface area (Å²) in [5, 5.41) is 2.80. The molecule has 0 aliphatic carbocycles. The van der Waals surface area contributed by atoms with Crippen molar-refractivity contribution in [2.45, 2.75) is 45.3 Å². The number of hydrogen-bond donors (Lipinski definition) is 1. The Hall–Kier alpha value is -1.03. The summed E-state index contributed by atoms with van der Waals surface area (Å²) in [4.78, 5) is 0. The number of benzene rings is 1. The van der Waals surface area contributed by atoms with E-state index in [1.807, 2.05) is 24.3 Å². The van der Waals surface area contributed by atoms with Crippen molar-refractivity contribution in [2.75, 3.05) is 6.54 Å². The fourth-order valence-electron chi connectivity index (χ4n) is 1.59. The van der Waals surface area contributed by atoms with Crippen LogP contribution in [0.25, 0.3) is 0 Å². The average molecular weight is 259 g/mol. The Morgan fingerprint density at radius 1 is 1.00 bits per heavy atom. The molecule has 1 nitrogen and oxygen atoms in total. The van der Waals surface area contributed by atoms with Crippen LogP contribution in [0.2, 0.25) is 0 Å². The lowest BCUT2D eigenvalue weighted by atomic mass is 9.87. The number of halogens is 3. The SMILES string of the molecule is CC(C)(C)c1ccc(CNCCC(F)(F)F)cc1. The topological polar surface area (TPSA) is 12.0 Å². The molecule has 0 aromatic heterocycles. The van der Waals surface area contributed by atoms with Gasteiger partial charge in [0.1, 0.15) is 0 Å². The van der Waals surface area contributed by atoms with Gasteiger partial charge in [0.15, 0.2) is 0 Å². The minimum atomic E-state index is -4.08. The van der Waals surface area contributed by atoms with Crippen LogP contribution in [-0.4, -0.2) is 12.7 Å². The van der Waals surface area contributed by atoms with E-state index in [-0.39, 0.29) is 12.0 Å². The van der Waals surface area contributed by atoms with E-state index in [2.05, 4.69) is 26.1 Å². The molecule has 4 heteroatoms. The minimum Gasteiger partial charge on any atom is -0.312 e. The lowest BCUT2D eigenvalue weighted by molar-refractivity contribution is -0.133. The molecule has 0 aliphatic heterocycles. The molecule has 0 aliphatic rings. The van der Waals surface area contributed by atoms with Gasteiger partial charge in [-0.2, -0.15) is 13.2 Å². The smallest absolute Gasteiger partial charge is 0.312 e. The lowest BCUT2D eigenvalue weighted by Crippen LogP contribution is -2.21. The molecule has 1 aromatic carbocycles. The van der Waals surface area contributed by atoms with Gasteiger partial charge in [-0.15, -0.1) is 0 Å². The fourth-order valence-corrected chi connectivity index (χ4v) is 1.59. The second-order valence-corrected chi connectivity index (χ2v) is 5.49. The van der Waals surface area contributed by atoms with Gasteiger partial charge in [0.2, 0.25) is 0 Å². The van der Waals surface area contributed by atoms with Gasteiger partial charge in [0, 0.05) is 13.1 Å². The summed E-state index contributed by atoms with van der Waals surface area (Å²) in [5.41, 5.74) is 2.33. The molecule has 0 atom stereocenters. The highest BCUT2D eigenvalue weighted by atomic mass is 19.4. The van der Waals surface area contributed by atoms with E-state index >= 15 is 0 Å². The minimum absolute atomic E-state index is 0.0372. The van der Waals surface area contributed by atoms with Crippen molar-refractivity contribution in [1.29, 1.82) is 0 Å². The zero-order valence-corrected chi connectivity index (χ0v) is 11.1. The van der Waals surface area contributed by atoms with Crippen molar-refractivity contribution in [3.63, 3.8) is 0 Å². The molecule has 18 heavy (non-hydrogen) atoms. The van der Waals surface area contributed by atoms with Crippen LogP contribution in [0.1, 0.15) is 38.3 Å². The van der Waals surface area contributed by atoms with Gasteiger partial charge in [-0.1, -0.05) is 45.0 Å². The van der Waals surface area contributed by atoms with Gasteiger partial charge < -0.3 is 5.32 Å². The van der Waals surface area contributed by atoms with Crippen LogP contribution in [0, 0.1) is 0 Å².